The van der Waals surface area contributed by atoms with Gasteiger partial charge in [0.05, 0.1) is 30.4 Å². The number of aromatic nitrogens is 2. The number of hydrogen-bond donors (Lipinski definition) is 0. The molecule has 0 aliphatic carbocycles. The molecule has 1 aromatic carbocycles. The van der Waals surface area contributed by atoms with Crippen molar-refractivity contribution >= 4 is 5.90 Å². The summed E-state index contributed by atoms with van der Waals surface area (Å²) in [4.78, 5) is 4.72. The molecule has 0 radical (unpaired) electrons. The molecule has 4 atom stereocenters. The van der Waals surface area contributed by atoms with Crippen molar-refractivity contribution in [2.45, 2.75) is 31.6 Å². The molecule has 6 heteroatoms. The molecule has 24 heavy (non-hydrogen) atoms. The highest BCUT2D eigenvalue weighted by atomic mass is 19.1. The zero-order valence-corrected chi connectivity index (χ0v) is 13.9. The summed E-state index contributed by atoms with van der Waals surface area (Å²) in [6, 6.07) is 6.81. The van der Waals surface area contributed by atoms with Crippen LogP contribution in [0, 0.1) is 11.7 Å². The maximum atomic E-state index is 14.6. The molecule has 1 saturated heterocycles. The van der Waals surface area contributed by atoms with Gasteiger partial charge in [0.1, 0.15) is 11.9 Å². The first-order valence-electron chi connectivity index (χ1n) is 8.07. The average Bonchev–Trinajstić information content (AvgIpc) is 3.13. The molecule has 1 fully saturated rings. The molecule has 3 heterocycles. The van der Waals surface area contributed by atoms with Crippen molar-refractivity contribution in [1.82, 2.24) is 9.78 Å². The number of benzene rings is 1. The Hall–Kier alpha value is -2.21. The Morgan fingerprint density at radius 1 is 1.33 bits per heavy atom. The van der Waals surface area contributed by atoms with E-state index >= 15 is 0 Å². The summed E-state index contributed by atoms with van der Waals surface area (Å²) < 4.78 is 28.2. The summed E-state index contributed by atoms with van der Waals surface area (Å²) in [5, 5.41) is 4.24. The predicted octanol–water partition coefficient (Wildman–Crippen LogP) is 2.98. The molecule has 0 amide bonds. The largest absolute Gasteiger partial charge is 0.475 e. The van der Waals surface area contributed by atoms with Crippen LogP contribution in [-0.2, 0) is 22.1 Å². The van der Waals surface area contributed by atoms with Gasteiger partial charge in [-0.25, -0.2) is 9.38 Å². The first-order chi connectivity index (χ1) is 11.5. The second-order valence-electron chi connectivity index (χ2n) is 6.64. The maximum absolute atomic E-state index is 14.6. The highest BCUT2D eigenvalue weighted by Gasteiger charge is 2.55. The predicted molar refractivity (Wildman–Crippen MR) is 87.1 cm³/mol. The summed E-state index contributed by atoms with van der Waals surface area (Å²) in [6.45, 7) is 4.24. The summed E-state index contributed by atoms with van der Waals surface area (Å²) in [7, 11) is 1.87. The van der Waals surface area contributed by atoms with E-state index in [1.54, 1.807) is 23.0 Å². The molecule has 2 aliphatic heterocycles. The van der Waals surface area contributed by atoms with E-state index in [4.69, 9.17) is 14.5 Å². The number of hydrogen-bond acceptors (Lipinski definition) is 4. The summed E-state index contributed by atoms with van der Waals surface area (Å²) in [5.41, 5.74) is 0.781. The lowest BCUT2D eigenvalue weighted by molar-refractivity contribution is 0.0560. The topological polar surface area (TPSA) is 48.6 Å². The fourth-order valence-corrected chi connectivity index (χ4v) is 4.01. The Morgan fingerprint density at radius 2 is 2.12 bits per heavy atom. The zero-order valence-electron chi connectivity index (χ0n) is 13.9. The van der Waals surface area contributed by atoms with Gasteiger partial charge in [-0.1, -0.05) is 18.2 Å². The lowest BCUT2D eigenvalue weighted by Crippen LogP contribution is -2.45. The minimum Gasteiger partial charge on any atom is -0.475 e. The summed E-state index contributed by atoms with van der Waals surface area (Å²) >= 11 is 0. The average molecular weight is 329 g/mol. The molecule has 0 N–H and O–H groups in total. The highest BCUT2D eigenvalue weighted by molar-refractivity contribution is 5.75. The molecule has 0 bridgehead atoms. The van der Waals surface area contributed by atoms with Crippen LogP contribution in [0.5, 0.6) is 0 Å². The zero-order chi connectivity index (χ0) is 16.9. The van der Waals surface area contributed by atoms with Crippen LogP contribution in [-0.4, -0.2) is 28.4 Å². The van der Waals surface area contributed by atoms with Crippen molar-refractivity contribution < 1.29 is 13.9 Å². The van der Waals surface area contributed by atoms with Gasteiger partial charge in [0.15, 0.2) is 5.90 Å². The first kappa shape index (κ1) is 15.3. The highest BCUT2D eigenvalue weighted by Crippen LogP contribution is 2.51. The van der Waals surface area contributed by atoms with Crippen molar-refractivity contribution in [2.75, 3.05) is 6.61 Å². The van der Waals surface area contributed by atoms with Gasteiger partial charge >= 0.3 is 0 Å². The van der Waals surface area contributed by atoms with Gasteiger partial charge < -0.3 is 9.47 Å². The van der Waals surface area contributed by atoms with Gasteiger partial charge in [-0.15, -0.1) is 0 Å². The van der Waals surface area contributed by atoms with E-state index in [0.29, 0.717) is 18.1 Å². The quantitative estimate of drug-likeness (QED) is 0.851. The van der Waals surface area contributed by atoms with Crippen molar-refractivity contribution in [1.29, 1.82) is 0 Å². The van der Waals surface area contributed by atoms with Crippen LogP contribution in [0.1, 0.15) is 31.1 Å². The van der Waals surface area contributed by atoms with Gasteiger partial charge in [0.2, 0.25) is 0 Å². The molecule has 4 rings (SSSR count). The maximum Gasteiger partial charge on any atom is 0.181 e. The van der Waals surface area contributed by atoms with Gasteiger partial charge in [0.25, 0.3) is 0 Å². The number of nitrogens with zero attached hydrogens (tertiary/aromatic N) is 3. The van der Waals surface area contributed by atoms with Crippen LogP contribution >= 0.6 is 0 Å². The molecule has 0 saturated carbocycles. The fraction of sp³-hybridized carbons (Fsp3) is 0.444. The van der Waals surface area contributed by atoms with E-state index in [9.17, 15) is 4.39 Å². The standard InChI is InChI=1S/C18H20FN3O2/c1-11-21-18(2,13-6-4-5-7-14(13)19)16-15(24-11)10-23-17(16)12-8-20-22(3)9-12/h4-9,15-17H,10H2,1-3H3/t15-,16-,17+,18-/m1/s1. The summed E-state index contributed by atoms with van der Waals surface area (Å²) in [6.07, 6.45) is 3.34. The van der Waals surface area contributed by atoms with Gasteiger partial charge in [-0.05, 0) is 13.0 Å². The Balaban J connectivity index is 1.84. The van der Waals surface area contributed by atoms with Crippen LogP contribution in [0.3, 0.4) is 0 Å². The Bertz CT molecular complexity index is 803. The number of aliphatic imine (C=N–C) groups is 1. The molecule has 2 aliphatic rings. The van der Waals surface area contributed by atoms with Crippen LogP contribution in [0.15, 0.2) is 41.7 Å². The van der Waals surface area contributed by atoms with Crippen LogP contribution in [0.2, 0.25) is 0 Å². The van der Waals surface area contributed by atoms with Crippen molar-refractivity contribution in [2.24, 2.45) is 18.0 Å². The Morgan fingerprint density at radius 3 is 2.83 bits per heavy atom. The second-order valence-corrected chi connectivity index (χ2v) is 6.64. The Kier molecular flexibility index (Phi) is 3.46. The third-order valence-corrected chi connectivity index (χ3v) is 5.00. The lowest BCUT2D eigenvalue weighted by atomic mass is 9.73. The fourth-order valence-electron chi connectivity index (χ4n) is 4.01. The smallest absolute Gasteiger partial charge is 0.181 e. The van der Waals surface area contributed by atoms with Crippen LogP contribution in [0.25, 0.3) is 0 Å². The van der Waals surface area contributed by atoms with Crippen LogP contribution < -0.4 is 0 Å². The third-order valence-electron chi connectivity index (χ3n) is 5.00. The van der Waals surface area contributed by atoms with E-state index in [0.717, 1.165) is 5.56 Å². The van der Waals surface area contributed by atoms with E-state index in [1.807, 2.05) is 33.2 Å². The first-order valence-corrected chi connectivity index (χ1v) is 8.07. The summed E-state index contributed by atoms with van der Waals surface area (Å²) in [5.74, 6) is 0.189. The van der Waals surface area contributed by atoms with E-state index in [2.05, 4.69) is 5.10 Å². The minimum atomic E-state index is -0.755. The van der Waals surface area contributed by atoms with Gasteiger partial charge in [0, 0.05) is 31.3 Å². The number of halogens is 1. The SMILES string of the molecule is CC1=N[C@](C)(c2ccccc2F)[C@@H]2[C@@H](CO[C@H]2c2cnn(C)c2)O1. The Labute approximate surface area is 140 Å². The van der Waals surface area contributed by atoms with Crippen molar-refractivity contribution in [3.05, 3.63) is 53.6 Å². The second kappa shape index (κ2) is 5.41. The van der Waals surface area contributed by atoms with E-state index in [1.165, 1.54) is 6.07 Å². The van der Waals surface area contributed by atoms with Crippen molar-refractivity contribution in [3.8, 4) is 0 Å². The monoisotopic (exact) mass is 329 g/mol. The van der Waals surface area contributed by atoms with Crippen LogP contribution in [0.4, 0.5) is 4.39 Å². The van der Waals surface area contributed by atoms with Gasteiger partial charge in [-0.3, -0.25) is 4.68 Å². The molecule has 126 valence electrons. The molecule has 1 aromatic heterocycles. The molecule has 0 unspecified atom stereocenters. The third kappa shape index (κ3) is 2.24. The number of fused-ring (bicyclic) bond motifs is 1. The van der Waals surface area contributed by atoms with E-state index in [-0.39, 0.29) is 23.9 Å². The minimum absolute atomic E-state index is 0.123. The normalized spacial score (nSPS) is 32.2. The molecular formula is C18H20FN3O2. The molecule has 5 nitrogen and oxygen atoms in total. The van der Waals surface area contributed by atoms with Gasteiger partial charge in [-0.2, -0.15) is 5.10 Å². The number of aryl methyl sites for hydroxylation is 1. The lowest BCUT2D eigenvalue weighted by Gasteiger charge is -2.41. The van der Waals surface area contributed by atoms with E-state index < -0.39 is 5.54 Å². The molecular weight excluding hydrogens is 309 g/mol. The molecule has 0 spiro atoms. The van der Waals surface area contributed by atoms with Crippen molar-refractivity contribution in [3.63, 3.8) is 0 Å². The number of ether oxygens (including phenoxy) is 2. The number of rotatable bonds is 2. The molecule has 2 aromatic rings.